The van der Waals surface area contributed by atoms with Crippen molar-refractivity contribution in [3.63, 3.8) is 0 Å². The van der Waals surface area contributed by atoms with Crippen LogP contribution in [0.2, 0.25) is 0 Å². The van der Waals surface area contributed by atoms with Gasteiger partial charge in [0.2, 0.25) is 0 Å². The summed E-state index contributed by atoms with van der Waals surface area (Å²) in [6.45, 7) is 11.3. The zero-order valence-corrected chi connectivity index (χ0v) is 11.2. The molecule has 1 unspecified atom stereocenters. The Balaban J connectivity index is 4.32. The van der Waals surface area contributed by atoms with Crippen LogP contribution in [0.25, 0.3) is 0 Å². The Labute approximate surface area is 106 Å². The molecule has 0 heterocycles. The largest absolute Gasteiger partial charge is 0.391 e. The van der Waals surface area contributed by atoms with Gasteiger partial charge < -0.3 is 5.11 Å². The van der Waals surface area contributed by atoms with E-state index < -0.39 is 6.10 Å². The fraction of sp³-hybridized carbons (Fsp3) is 0.455. The average molecular weight is 264 g/mol. The molecule has 1 atom stereocenters. The van der Waals surface area contributed by atoms with Gasteiger partial charge in [0.05, 0.1) is 16.2 Å². The summed E-state index contributed by atoms with van der Waals surface area (Å²) in [7, 11) is 0. The third-order valence-corrected chi connectivity index (χ3v) is 2.82. The second kappa shape index (κ2) is 8.70. The molecule has 0 rings (SSSR count). The summed E-state index contributed by atoms with van der Waals surface area (Å²) in [4.78, 5) is 5.02. The molecule has 16 heavy (non-hydrogen) atoms. The number of nitrogens with one attached hydrogen (secondary N) is 1. The van der Waals surface area contributed by atoms with E-state index in [4.69, 9.17) is 21.5 Å². The fourth-order valence-electron chi connectivity index (χ4n) is 0.831. The van der Waals surface area contributed by atoms with Crippen LogP contribution in [0.15, 0.2) is 34.9 Å². The van der Waals surface area contributed by atoms with Crippen molar-refractivity contribution in [3.8, 4) is 0 Å². The standard InChI is InChI=1S/C11H18ClNO2S/c1-5-10(11(12)16-6-2)9(4)13-15-7-8(3)14/h5,8,13-14H,1,4,6-7H2,2-3H3/b11-10+. The predicted molar refractivity (Wildman–Crippen MR) is 71.1 cm³/mol. The van der Waals surface area contributed by atoms with Crippen molar-refractivity contribution in [1.29, 1.82) is 0 Å². The predicted octanol–water partition coefficient (Wildman–Crippen LogP) is 2.79. The lowest BCUT2D eigenvalue weighted by molar-refractivity contribution is 0.00277. The molecule has 0 bridgehead atoms. The zero-order chi connectivity index (χ0) is 12.6. The zero-order valence-electron chi connectivity index (χ0n) is 9.62. The topological polar surface area (TPSA) is 41.5 Å². The molecular formula is C11H18ClNO2S. The van der Waals surface area contributed by atoms with Gasteiger partial charge >= 0.3 is 0 Å². The number of allylic oxidation sites excluding steroid dienone is 1. The quantitative estimate of drug-likeness (QED) is 0.522. The highest BCUT2D eigenvalue weighted by Gasteiger charge is 2.06. The second-order valence-corrected chi connectivity index (χ2v) is 4.94. The molecule has 0 aliphatic carbocycles. The van der Waals surface area contributed by atoms with E-state index in [1.165, 1.54) is 11.8 Å². The third-order valence-electron chi connectivity index (χ3n) is 1.53. The van der Waals surface area contributed by atoms with Gasteiger partial charge in [-0.2, -0.15) is 0 Å². The third kappa shape index (κ3) is 6.23. The van der Waals surface area contributed by atoms with Crippen molar-refractivity contribution >= 4 is 23.4 Å². The number of aliphatic hydroxyl groups is 1. The first kappa shape index (κ1) is 15.6. The van der Waals surface area contributed by atoms with Gasteiger partial charge in [0.1, 0.15) is 6.61 Å². The maximum Gasteiger partial charge on any atom is 0.100 e. The van der Waals surface area contributed by atoms with Crippen molar-refractivity contribution in [2.24, 2.45) is 0 Å². The van der Waals surface area contributed by atoms with Crippen LogP contribution in [0.4, 0.5) is 0 Å². The fourth-order valence-corrected chi connectivity index (χ4v) is 1.96. The molecule has 0 radical (unpaired) electrons. The first-order chi connectivity index (χ1) is 7.52. The van der Waals surface area contributed by atoms with Crippen LogP contribution >= 0.6 is 23.4 Å². The van der Waals surface area contributed by atoms with Crippen LogP contribution in [-0.4, -0.2) is 23.6 Å². The maximum atomic E-state index is 9.00. The van der Waals surface area contributed by atoms with E-state index in [0.29, 0.717) is 15.6 Å². The second-order valence-electron chi connectivity index (χ2n) is 3.07. The maximum absolute atomic E-state index is 9.00. The average Bonchev–Trinajstić information content (AvgIpc) is 2.18. The number of thioether (sulfide) groups is 1. The number of rotatable bonds is 8. The van der Waals surface area contributed by atoms with E-state index in [-0.39, 0.29) is 6.61 Å². The van der Waals surface area contributed by atoms with Crippen LogP contribution in [0.5, 0.6) is 0 Å². The summed E-state index contributed by atoms with van der Waals surface area (Å²) in [5.74, 6) is 0.873. The Morgan fingerprint density at radius 2 is 2.31 bits per heavy atom. The van der Waals surface area contributed by atoms with Crippen LogP contribution in [0, 0.1) is 0 Å². The van der Waals surface area contributed by atoms with Crippen molar-refractivity contribution in [2.45, 2.75) is 20.0 Å². The summed E-state index contributed by atoms with van der Waals surface area (Å²) in [5.41, 5.74) is 3.86. The Morgan fingerprint density at radius 1 is 1.69 bits per heavy atom. The van der Waals surface area contributed by atoms with Gasteiger partial charge in [-0.25, -0.2) is 0 Å². The smallest absolute Gasteiger partial charge is 0.100 e. The lowest BCUT2D eigenvalue weighted by Gasteiger charge is -2.12. The van der Waals surface area contributed by atoms with E-state index in [0.717, 1.165) is 5.75 Å². The molecule has 2 N–H and O–H groups in total. The summed E-state index contributed by atoms with van der Waals surface area (Å²) in [5, 5.41) is 9.00. The number of halogens is 1. The molecule has 0 aromatic rings. The minimum Gasteiger partial charge on any atom is -0.391 e. The minimum absolute atomic E-state index is 0.183. The highest BCUT2D eigenvalue weighted by molar-refractivity contribution is 8.04. The van der Waals surface area contributed by atoms with Gasteiger partial charge in [0.25, 0.3) is 0 Å². The Kier molecular flexibility index (Phi) is 8.47. The van der Waals surface area contributed by atoms with Gasteiger partial charge in [-0.3, -0.25) is 10.3 Å². The molecule has 0 saturated carbocycles. The number of aliphatic hydroxyl groups excluding tert-OH is 1. The summed E-state index contributed by atoms with van der Waals surface area (Å²) in [6, 6.07) is 0. The molecule has 5 heteroatoms. The molecule has 0 aliphatic rings. The van der Waals surface area contributed by atoms with Crippen molar-refractivity contribution in [1.82, 2.24) is 5.48 Å². The van der Waals surface area contributed by atoms with E-state index in [9.17, 15) is 0 Å². The van der Waals surface area contributed by atoms with E-state index >= 15 is 0 Å². The molecule has 0 spiro atoms. The van der Waals surface area contributed by atoms with Gasteiger partial charge in [0.15, 0.2) is 0 Å². The minimum atomic E-state index is -0.531. The molecule has 0 aromatic carbocycles. The van der Waals surface area contributed by atoms with Crippen LogP contribution in [0.1, 0.15) is 13.8 Å². The lowest BCUT2D eigenvalue weighted by atomic mass is 10.2. The van der Waals surface area contributed by atoms with Gasteiger partial charge in [-0.15, -0.1) is 11.8 Å². The number of hydrogen-bond acceptors (Lipinski definition) is 4. The van der Waals surface area contributed by atoms with Crippen molar-refractivity contribution < 1.29 is 9.94 Å². The lowest BCUT2D eigenvalue weighted by Crippen LogP contribution is -2.21. The van der Waals surface area contributed by atoms with Gasteiger partial charge in [-0.1, -0.05) is 37.8 Å². The Hall–Kier alpha value is -0.420. The van der Waals surface area contributed by atoms with Crippen molar-refractivity contribution in [2.75, 3.05) is 12.4 Å². The number of hydrogen-bond donors (Lipinski definition) is 2. The van der Waals surface area contributed by atoms with Gasteiger partial charge in [-0.05, 0) is 12.7 Å². The summed E-state index contributed by atoms with van der Waals surface area (Å²) >= 11 is 7.55. The van der Waals surface area contributed by atoms with E-state index in [1.54, 1.807) is 13.0 Å². The Bertz CT molecular complexity index is 277. The summed E-state index contributed by atoms with van der Waals surface area (Å²) < 4.78 is 0.621. The van der Waals surface area contributed by atoms with Crippen molar-refractivity contribution in [3.05, 3.63) is 34.9 Å². The van der Waals surface area contributed by atoms with Crippen LogP contribution in [0.3, 0.4) is 0 Å². The normalized spacial score (nSPS) is 14.0. The molecular weight excluding hydrogens is 246 g/mol. The van der Waals surface area contributed by atoms with E-state index in [2.05, 4.69) is 18.6 Å². The SMILES string of the molecule is C=C/C(C(=C)NOCC(C)O)=C(/Cl)SCC. The number of hydroxylamine groups is 1. The highest BCUT2D eigenvalue weighted by Crippen LogP contribution is 2.27. The highest BCUT2D eigenvalue weighted by atomic mass is 35.5. The molecule has 0 saturated heterocycles. The van der Waals surface area contributed by atoms with Gasteiger partial charge in [0, 0.05) is 5.57 Å². The van der Waals surface area contributed by atoms with Crippen LogP contribution < -0.4 is 5.48 Å². The molecule has 3 nitrogen and oxygen atoms in total. The molecule has 92 valence electrons. The Morgan fingerprint density at radius 3 is 2.75 bits per heavy atom. The van der Waals surface area contributed by atoms with E-state index in [1.807, 2.05) is 6.92 Å². The monoisotopic (exact) mass is 263 g/mol. The molecule has 0 amide bonds. The van der Waals surface area contributed by atoms with Crippen LogP contribution in [-0.2, 0) is 4.84 Å². The first-order valence-corrected chi connectivity index (χ1v) is 6.29. The summed E-state index contributed by atoms with van der Waals surface area (Å²) in [6.07, 6.45) is 1.09. The molecule has 0 aliphatic heterocycles. The first-order valence-electron chi connectivity index (χ1n) is 4.93. The molecule has 0 fully saturated rings. The molecule has 0 aromatic heterocycles.